The first kappa shape index (κ1) is 13.0. The van der Waals surface area contributed by atoms with Crippen LogP contribution in [0.15, 0.2) is 41.0 Å². The van der Waals surface area contributed by atoms with Gasteiger partial charge in [0.05, 0.1) is 22.5 Å². The topological polar surface area (TPSA) is 42.0 Å². The molecule has 0 aliphatic rings. The molecule has 1 N–H and O–H groups in total. The lowest BCUT2D eigenvalue weighted by atomic mass is 10.2. The summed E-state index contributed by atoms with van der Waals surface area (Å²) in [6, 6.07) is 7.52. The van der Waals surface area contributed by atoms with E-state index in [1.54, 1.807) is 18.2 Å². The van der Waals surface area contributed by atoms with Crippen molar-refractivity contribution in [3.05, 3.63) is 57.5 Å². The molecule has 0 saturated carbocycles. The number of pyridine rings is 1. The number of hydrogen-bond acceptors (Lipinski definition) is 2. The lowest BCUT2D eigenvalue weighted by Crippen LogP contribution is -2.12. The monoisotopic (exact) mass is 328 g/mol. The molecule has 18 heavy (non-hydrogen) atoms. The highest BCUT2D eigenvalue weighted by Crippen LogP contribution is 2.22. The quantitative estimate of drug-likeness (QED) is 0.849. The molecule has 0 atom stereocenters. The maximum atomic E-state index is 12.6. The summed E-state index contributed by atoms with van der Waals surface area (Å²) in [4.78, 5) is 15.3. The van der Waals surface area contributed by atoms with Gasteiger partial charge in [-0.25, -0.2) is 4.98 Å². The zero-order valence-corrected chi connectivity index (χ0v) is 11.3. The molecule has 3 nitrogen and oxygen atoms in total. The van der Waals surface area contributed by atoms with Crippen molar-refractivity contribution in [3.8, 4) is 0 Å². The van der Waals surface area contributed by atoms with Crippen molar-refractivity contribution in [3.63, 3.8) is 0 Å². The van der Waals surface area contributed by atoms with Crippen molar-refractivity contribution >= 4 is 39.1 Å². The number of amides is 1. The van der Waals surface area contributed by atoms with Gasteiger partial charge in [-0.15, -0.1) is 0 Å². The first-order chi connectivity index (χ1) is 8.56. The molecule has 0 fully saturated rings. The Morgan fingerprint density at radius 2 is 2.11 bits per heavy atom. The molecule has 0 aliphatic heterocycles. The Morgan fingerprint density at radius 1 is 1.33 bits per heavy atom. The summed E-state index contributed by atoms with van der Waals surface area (Å²) in [7, 11) is 0. The zero-order chi connectivity index (χ0) is 13.1. The van der Waals surface area contributed by atoms with E-state index in [0.29, 0.717) is 16.3 Å². The van der Waals surface area contributed by atoms with Gasteiger partial charge < -0.3 is 5.32 Å². The summed E-state index contributed by atoms with van der Waals surface area (Å²) in [5, 5.41) is 2.91. The second-order valence-corrected chi connectivity index (χ2v) is 4.77. The van der Waals surface area contributed by atoms with Gasteiger partial charge in [0, 0.05) is 4.47 Å². The Morgan fingerprint density at radius 3 is 2.72 bits per heavy atom. The number of rotatable bonds is 2. The Hall–Kier alpha value is -1.46. The van der Waals surface area contributed by atoms with E-state index in [4.69, 9.17) is 11.6 Å². The molecule has 1 aromatic heterocycles. The van der Waals surface area contributed by atoms with Gasteiger partial charge in [0.15, 0.2) is 0 Å². The number of halogens is 3. The molecule has 1 aromatic carbocycles. The number of hydrogen-bond donors (Lipinski definition) is 1. The fourth-order valence-electron chi connectivity index (χ4n) is 1.32. The maximum Gasteiger partial charge on any atom is 0.257 e. The van der Waals surface area contributed by atoms with E-state index in [9.17, 15) is 9.18 Å². The number of anilines is 1. The minimum absolute atomic E-state index is 0.331. The number of nitrogens with zero attached hydrogens (tertiary/aromatic N) is 1. The second kappa shape index (κ2) is 5.46. The Kier molecular flexibility index (Phi) is 3.93. The highest BCUT2D eigenvalue weighted by molar-refractivity contribution is 9.10. The lowest BCUT2D eigenvalue weighted by molar-refractivity contribution is 0.102. The molecule has 0 spiro atoms. The molecule has 0 saturated heterocycles. The van der Waals surface area contributed by atoms with Crippen LogP contribution in [0.2, 0.25) is 5.02 Å². The van der Waals surface area contributed by atoms with E-state index in [-0.39, 0.29) is 5.91 Å². The van der Waals surface area contributed by atoms with Gasteiger partial charge in [-0.2, -0.15) is 4.39 Å². The van der Waals surface area contributed by atoms with Gasteiger partial charge in [-0.05, 0) is 30.3 Å². The van der Waals surface area contributed by atoms with Crippen molar-refractivity contribution in [1.29, 1.82) is 0 Å². The molecule has 0 aliphatic carbocycles. The van der Waals surface area contributed by atoms with E-state index in [1.807, 2.05) is 0 Å². The number of carbonyl (C=O) groups is 1. The molecule has 0 unspecified atom stereocenters. The molecule has 1 amide bonds. The van der Waals surface area contributed by atoms with Gasteiger partial charge in [-0.3, -0.25) is 4.79 Å². The Bertz CT molecular complexity index is 589. The largest absolute Gasteiger partial charge is 0.321 e. The van der Waals surface area contributed by atoms with Crippen molar-refractivity contribution < 1.29 is 9.18 Å². The maximum absolute atomic E-state index is 12.6. The summed E-state index contributed by atoms with van der Waals surface area (Å²) in [6.07, 6.45) is 1.24. The van der Waals surface area contributed by atoms with Crippen LogP contribution in [0.4, 0.5) is 10.1 Å². The van der Waals surface area contributed by atoms with Crippen LogP contribution in [0, 0.1) is 5.95 Å². The number of nitrogens with one attached hydrogen (secondary N) is 1. The van der Waals surface area contributed by atoms with Crippen molar-refractivity contribution in [2.45, 2.75) is 0 Å². The van der Waals surface area contributed by atoms with E-state index in [1.165, 1.54) is 18.3 Å². The predicted octanol–water partition coefficient (Wildman–Crippen LogP) is 3.89. The van der Waals surface area contributed by atoms with Crippen LogP contribution in [0.1, 0.15) is 10.4 Å². The van der Waals surface area contributed by atoms with E-state index in [2.05, 4.69) is 26.2 Å². The molecular formula is C12H7BrClFN2O. The minimum atomic E-state index is -0.602. The SMILES string of the molecule is O=C(Nc1ccc(F)nc1)c1ccc(Br)cc1Cl. The molecule has 6 heteroatoms. The molecule has 92 valence electrons. The highest BCUT2D eigenvalue weighted by Gasteiger charge is 2.10. The normalized spacial score (nSPS) is 10.2. The summed E-state index contributed by atoms with van der Waals surface area (Å²) in [5.74, 6) is -0.976. The fourth-order valence-corrected chi connectivity index (χ4v) is 2.08. The van der Waals surface area contributed by atoms with Gasteiger partial charge in [0.2, 0.25) is 5.95 Å². The van der Waals surface area contributed by atoms with Gasteiger partial charge in [0.25, 0.3) is 5.91 Å². The third-order valence-corrected chi connectivity index (χ3v) is 2.97. The average Bonchev–Trinajstić information content (AvgIpc) is 2.32. The lowest BCUT2D eigenvalue weighted by Gasteiger charge is -2.06. The van der Waals surface area contributed by atoms with Gasteiger partial charge in [-0.1, -0.05) is 27.5 Å². The van der Waals surface area contributed by atoms with E-state index >= 15 is 0 Å². The van der Waals surface area contributed by atoms with Crippen LogP contribution in [0.3, 0.4) is 0 Å². The van der Waals surface area contributed by atoms with Crippen LogP contribution >= 0.6 is 27.5 Å². The summed E-state index contributed by atoms with van der Waals surface area (Å²) in [5.41, 5.74) is 0.740. The van der Waals surface area contributed by atoms with Crippen LogP contribution in [0.25, 0.3) is 0 Å². The van der Waals surface area contributed by atoms with Crippen LogP contribution < -0.4 is 5.32 Å². The standard InChI is InChI=1S/C12H7BrClFN2O/c13-7-1-3-9(10(14)5-7)12(18)17-8-2-4-11(15)16-6-8/h1-6H,(H,17,18). The van der Waals surface area contributed by atoms with E-state index in [0.717, 1.165) is 4.47 Å². The minimum Gasteiger partial charge on any atom is -0.321 e. The Balaban J connectivity index is 2.19. The van der Waals surface area contributed by atoms with Crippen molar-refractivity contribution in [1.82, 2.24) is 4.98 Å². The number of aromatic nitrogens is 1. The molecule has 2 aromatic rings. The molecule has 2 rings (SSSR count). The second-order valence-electron chi connectivity index (χ2n) is 3.45. The third-order valence-electron chi connectivity index (χ3n) is 2.16. The van der Waals surface area contributed by atoms with E-state index < -0.39 is 5.95 Å². The first-order valence-electron chi connectivity index (χ1n) is 4.94. The van der Waals surface area contributed by atoms with Crippen LogP contribution in [0.5, 0.6) is 0 Å². The summed E-state index contributed by atoms with van der Waals surface area (Å²) < 4.78 is 13.4. The number of carbonyl (C=O) groups excluding carboxylic acids is 1. The third kappa shape index (κ3) is 3.05. The van der Waals surface area contributed by atoms with Gasteiger partial charge in [0.1, 0.15) is 0 Å². The smallest absolute Gasteiger partial charge is 0.257 e. The average molecular weight is 330 g/mol. The van der Waals surface area contributed by atoms with Crippen LogP contribution in [-0.4, -0.2) is 10.9 Å². The molecular weight excluding hydrogens is 322 g/mol. The number of benzene rings is 1. The van der Waals surface area contributed by atoms with Crippen LogP contribution in [-0.2, 0) is 0 Å². The van der Waals surface area contributed by atoms with Crippen molar-refractivity contribution in [2.24, 2.45) is 0 Å². The van der Waals surface area contributed by atoms with Gasteiger partial charge >= 0.3 is 0 Å². The fraction of sp³-hybridized carbons (Fsp3) is 0. The molecule has 0 bridgehead atoms. The first-order valence-corrected chi connectivity index (χ1v) is 6.11. The summed E-state index contributed by atoms with van der Waals surface area (Å²) >= 11 is 9.20. The molecule has 1 heterocycles. The Labute approximate surface area is 116 Å². The highest BCUT2D eigenvalue weighted by atomic mass is 79.9. The zero-order valence-electron chi connectivity index (χ0n) is 8.95. The summed E-state index contributed by atoms with van der Waals surface area (Å²) in [6.45, 7) is 0. The predicted molar refractivity (Wildman–Crippen MR) is 71.3 cm³/mol. The van der Waals surface area contributed by atoms with Crippen molar-refractivity contribution in [2.75, 3.05) is 5.32 Å². The molecule has 0 radical (unpaired) electrons.